The number of carbonyl (C=O) groups is 1. The lowest BCUT2D eigenvalue weighted by Crippen LogP contribution is -2.49. The van der Waals surface area contributed by atoms with Crippen molar-refractivity contribution in [3.63, 3.8) is 0 Å². The zero-order valence-corrected chi connectivity index (χ0v) is 19.2. The Bertz CT molecular complexity index is 1130. The first-order valence-electron chi connectivity index (χ1n) is 10.3. The van der Waals surface area contributed by atoms with E-state index in [1.54, 1.807) is 38.5 Å². The summed E-state index contributed by atoms with van der Waals surface area (Å²) < 4.78 is 35.2. The van der Waals surface area contributed by atoms with Crippen LogP contribution in [0, 0.1) is 5.92 Å². The minimum atomic E-state index is -3.88. The van der Waals surface area contributed by atoms with E-state index in [-0.39, 0.29) is 23.3 Å². The summed E-state index contributed by atoms with van der Waals surface area (Å²) in [6, 6.07) is 12.9. The minimum Gasteiger partial charge on any atom is -0.497 e. The molecule has 0 unspecified atom stereocenters. The third kappa shape index (κ3) is 5.95. The molecule has 2 aromatic carbocycles. The Hall–Kier alpha value is -3.17. The number of benzene rings is 2. The number of rotatable bonds is 10. The molecule has 0 radical (unpaired) electrons. The van der Waals surface area contributed by atoms with E-state index in [9.17, 15) is 13.2 Å². The molecule has 0 aliphatic heterocycles. The first-order chi connectivity index (χ1) is 15.3. The van der Waals surface area contributed by atoms with Crippen LogP contribution in [-0.2, 0) is 27.9 Å². The van der Waals surface area contributed by atoms with Crippen LogP contribution in [-0.4, -0.2) is 37.0 Å². The highest BCUT2D eigenvalue weighted by molar-refractivity contribution is 7.89. The average Bonchev–Trinajstić information content (AvgIpc) is 3.29. The normalized spacial score (nSPS) is 12.5. The van der Waals surface area contributed by atoms with Gasteiger partial charge in [0.25, 0.3) is 0 Å². The molecule has 170 valence electrons. The highest BCUT2D eigenvalue weighted by Gasteiger charge is 2.28. The van der Waals surface area contributed by atoms with Gasteiger partial charge in [-0.05, 0) is 41.3 Å². The fourth-order valence-corrected chi connectivity index (χ4v) is 4.58. The Labute approximate surface area is 188 Å². The van der Waals surface area contributed by atoms with Gasteiger partial charge in [0.2, 0.25) is 15.9 Å². The lowest BCUT2D eigenvalue weighted by atomic mass is 10.0. The summed E-state index contributed by atoms with van der Waals surface area (Å²) in [7, 11) is -2.37. The van der Waals surface area contributed by atoms with Crippen LogP contribution in [0.3, 0.4) is 0 Å². The van der Waals surface area contributed by atoms with Crippen molar-refractivity contribution in [2.45, 2.75) is 37.9 Å². The molecule has 0 aliphatic carbocycles. The topological polar surface area (TPSA) is 102 Å². The number of hydrogen-bond acceptors (Lipinski definition) is 5. The van der Waals surface area contributed by atoms with Crippen molar-refractivity contribution in [3.05, 3.63) is 78.4 Å². The van der Waals surface area contributed by atoms with Crippen molar-refractivity contribution in [1.29, 1.82) is 0 Å². The first kappa shape index (κ1) is 23.5. The zero-order valence-electron chi connectivity index (χ0n) is 18.4. The Morgan fingerprint density at radius 3 is 2.38 bits per heavy atom. The second-order valence-electron chi connectivity index (χ2n) is 7.74. The third-order valence-electron chi connectivity index (χ3n) is 5.08. The minimum absolute atomic E-state index is 0.0717. The molecule has 1 heterocycles. The number of nitrogens with one attached hydrogen (secondary N) is 2. The molecule has 1 amide bonds. The maximum atomic E-state index is 12.9. The monoisotopic (exact) mass is 456 g/mol. The Morgan fingerprint density at radius 2 is 1.78 bits per heavy atom. The number of ether oxygens (including phenoxy) is 1. The van der Waals surface area contributed by atoms with Crippen LogP contribution in [0.4, 0.5) is 0 Å². The zero-order chi connectivity index (χ0) is 23.1. The highest BCUT2D eigenvalue weighted by Crippen LogP contribution is 2.17. The summed E-state index contributed by atoms with van der Waals surface area (Å²) in [5.74, 6) is -0.0739. The van der Waals surface area contributed by atoms with Gasteiger partial charge >= 0.3 is 0 Å². The lowest BCUT2D eigenvalue weighted by Gasteiger charge is -2.22. The Kier molecular flexibility index (Phi) is 7.66. The largest absolute Gasteiger partial charge is 0.497 e. The molecule has 0 saturated heterocycles. The molecule has 0 saturated carbocycles. The lowest BCUT2D eigenvalue weighted by molar-refractivity contribution is -0.123. The van der Waals surface area contributed by atoms with E-state index in [0.29, 0.717) is 12.3 Å². The van der Waals surface area contributed by atoms with Gasteiger partial charge in [-0.1, -0.05) is 38.1 Å². The maximum absolute atomic E-state index is 12.9. The van der Waals surface area contributed by atoms with Crippen LogP contribution in [0.15, 0.2) is 72.1 Å². The quantitative estimate of drug-likeness (QED) is 0.488. The van der Waals surface area contributed by atoms with E-state index in [0.717, 1.165) is 11.1 Å². The maximum Gasteiger partial charge on any atom is 0.241 e. The molecule has 3 aromatic rings. The predicted octanol–water partition coefficient (Wildman–Crippen LogP) is 2.56. The molecule has 1 aromatic heterocycles. The molecule has 32 heavy (non-hydrogen) atoms. The number of hydrogen-bond donors (Lipinski definition) is 2. The van der Waals surface area contributed by atoms with Crippen LogP contribution >= 0.6 is 0 Å². The number of aromatic nitrogens is 2. The van der Waals surface area contributed by atoms with Crippen LogP contribution in [0.2, 0.25) is 0 Å². The molecule has 3 rings (SSSR count). The van der Waals surface area contributed by atoms with Crippen molar-refractivity contribution in [3.8, 4) is 5.75 Å². The summed E-state index contributed by atoms with van der Waals surface area (Å²) >= 11 is 0. The van der Waals surface area contributed by atoms with Crippen molar-refractivity contribution < 1.29 is 17.9 Å². The number of sulfonamides is 1. The summed E-state index contributed by atoms with van der Waals surface area (Å²) in [6.45, 7) is 4.52. The van der Waals surface area contributed by atoms with Crippen molar-refractivity contribution >= 4 is 15.9 Å². The third-order valence-corrected chi connectivity index (χ3v) is 6.54. The van der Waals surface area contributed by atoms with Crippen molar-refractivity contribution in [2.24, 2.45) is 5.92 Å². The molecular formula is C23H28N4O4S. The molecule has 0 bridgehead atoms. The molecule has 9 heteroatoms. The summed E-state index contributed by atoms with van der Waals surface area (Å²) in [5.41, 5.74) is 2.00. The van der Waals surface area contributed by atoms with Crippen molar-refractivity contribution in [1.82, 2.24) is 19.6 Å². The van der Waals surface area contributed by atoms with Crippen molar-refractivity contribution in [2.75, 3.05) is 7.11 Å². The van der Waals surface area contributed by atoms with Gasteiger partial charge in [0.1, 0.15) is 11.8 Å². The summed E-state index contributed by atoms with van der Waals surface area (Å²) in [6.07, 6.45) is 5.32. The second kappa shape index (κ2) is 10.4. The molecule has 1 atom stereocenters. The smallest absolute Gasteiger partial charge is 0.241 e. The standard InChI is InChI=1S/C23H28N4O4S/c1-17(2)22(26-32(29,30)21-10-8-20(31-3)9-11-21)23(28)25-14-18-6-4-5-7-19(18)15-27-13-12-24-16-27/h4-13,16-17,22,26H,14-15H2,1-3H3,(H,25,28)/t22-/m0/s1. The number of amides is 1. The number of nitrogens with zero attached hydrogens (tertiary/aromatic N) is 2. The number of methoxy groups -OCH3 is 1. The highest BCUT2D eigenvalue weighted by atomic mass is 32.2. The van der Waals surface area contributed by atoms with Gasteiger partial charge in [-0.2, -0.15) is 4.72 Å². The van der Waals surface area contributed by atoms with E-state index < -0.39 is 16.1 Å². The summed E-state index contributed by atoms with van der Waals surface area (Å²) in [5, 5.41) is 2.88. The fourth-order valence-electron chi connectivity index (χ4n) is 3.24. The van der Waals surface area contributed by atoms with E-state index in [2.05, 4.69) is 15.0 Å². The van der Waals surface area contributed by atoms with Gasteiger partial charge in [0.05, 0.1) is 18.3 Å². The van der Waals surface area contributed by atoms with Gasteiger partial charge in [0.15, 0.2) is 0 Å². The Morgan fingerprint density at radius 1 is 1.09 bits per heavy atom. The van der Waals surface area contributed by atoms with Crippen LogP contribution in [0.1, 0.15) is 25.0 Å². The van der Waals surface area contributed by atoms with E-state index >= 15 is 0 Å². The first-order valence-corrected chi connectivity index (χ1v) is 11.7. The van der Waals surface area contributed by atoms with E-state index in [1.165, 1.54) is 19.2 Å². The molecule has 0 aliphatic rings. The van der Waals surface area contributed by atoms with E-state index in [1.807, 2.05) is 35.0 Å². The molecular weight excluding hydrogens is 428 g/mol. The SMILES string of the molecule is COc1ccc(S(=O)(=O)N[C@H](C(=O)NCc2ccccc2Cn2ccnc2)C(C)C)cc1. The van der Waals surface area contributed by atoms with Gasteiger partial charge < -0.3 is 14.6 Å². The van der Waals surface area contributed by atoms with Crippen LogP contribution < -0.4 is 14.8 Å². The molecule has 0 fully saturated rings. The fraction of sp³-hybridized carbons (Fsp3) is 0.304. The number of carbonyl (C=O) groups excluding carboxylic acids is 1. The van der Waals surface area contributed by atoms with Gasteiger partial charge in [-0.15, -0.1) is 0 Å². The second-order valence-corrected chi connectivity index (χ2v) is 9.45. The summed E-state index contributed by atoms with van der Waals surface area (Å²) in [4.78, 5) is 17.0. The predicted molar refractivity (Wildman–Crippen MR) is 122 cm³/mol. The van der Waals surface area contributed by atoms with Crippen LogP contribution in [0.5, 0.6) is 5.75 Å². The molecule has 2 N–H and O–H groups in total. The average molecular weight is 457 g/mol. The van der Waals surface area contributed by atoms with Gasteiger partial charge in [0, 0.05) is 25.5 Å². The van der Waals surface area contributed by atoms with E-state index in [4.69, 9.17) is 4.74 Å². The Balaban J connectivity index is 1.69. The molecule has 0 spiro atoms. The van der Waals surface area contributed by atoms with Crippen LogP contribution in [0.25, 0.3) is 0 Å². The number of imidazole rings is 1. The van der Waals surface area contributed by atoms with Gasteiger partial charge in [-0.3, -0.25) is 4.79 Å². The molecule has 8 nitrogen and oxygen atoms in total. The van der Waals surface area contributed by atoms with Gasteiger partial charge in [-0.25, -0.2) is 13.4 Å².